The third kappa shape index (κ3) is 4.98. The summed E-state index contributed by atoms with van der Waals surface area (Å²) in [5.41, 5.74) is -0.180. The summed E-state index contributed by atoms with van der Waals surface area (Å²) in [5.74, 6) is -0.708. The molecular formula is C25H31N5O4. The van der Waals surface area contributed by atoms with Crippen LogP contribution in [0.15, 0.2) is 58.1 Å². The van der Waals surface area contributed by atoms with Crippen molar-refractivity contribution in [1.82, 2.24) is 14.7 Å². The first kappa shape index (κ1) is 24.6. The Balaban J connectivity index is 2.14. The van der Waals surface area contributed by atoms with Crippen LogP contribution in [0, 0.1) is 5.41 Å². The number of phenolic OH excluding ortho intramolecular Hbond substituents is 1. The number of nitrogens with one attached hydrogen (secondary N) is 3. The van der Waals surface area contributed by atoms with Crippen LogP contribution in [0.5, 0.6) is 5.75 Å². The summed E-state index contributed by atoms with van der Waals surface area (Å²) in [6.07, 6.45) is 0. The van der Waals surface area contributed by atoms with Crippen molar-refractivity contribution in [2.24, 2.45) is 12.5 Å². The SMILES string of the molecule is CN(C)C(=O)c1cccc(Nc2c(N[C@@H](c3ccccc3)C(C)(C)C)c(=O)[nH]n(C)c2=O)c1O. The van der Waals surface area contributed by atoms with E-state index in [1.165, 1.54) is 24.1 Å². The van der Waals surface area contributed by atoms with E-state index in [2.05, 4.69) is 15.7 Å². The molecule has 0 spiro atoms. The molecule has 1 heterocycles. The van der Waals surface area contributed by atoms with Crippen LogP contribution in [0.25, 0.3) is 0 Å². The van der Waals surface area contributed by atoms with Crippen molar-refractivity contribution in [1.29, 1.82) is 0 Å². The molecule has 34 heavy (non-hydrogen) atoms. The number of hydrogen-bond acceptors (Lipinski definition) is 6. The second kappa shape index (κ2) is 9.46. The predicted molar refractivity (Wildman–Crippen MR) is 134 cm³/mol. The van der Waals surface area contributed by atoms with Gasteiger partial charge < -0.3 is 20.6 Å². The Morgan fingerprint density at radius 1 is 1.03 bits per heavy atom. The van der Waals surface area contributed by atoms with E-state index >= 15 is 0 Å². The quantitative estimate of drug-likeness (QED) is 0.414. The standard InChI is InChI=1S/C25H31N5O4/c1-25(2,3)21(15-11-8-7-9-12-15)27-18-19(24(34)30(6)28-22(18)32)26-17-14-10-13-16(20(17)31)23(33)29(4)5/h7-14,21,26-27,31H,1-6H3,(H,28,32)/t21-/m0/s1. The molecule has 1 aromatic heterocycles. The molecule has 1 atom stereocenters. The molecule has 4 N–H and O–H groups in total. The fourth-order valence-electron chi connectivity index (χ4n) is 3.68. The molecule has 0 fully saturated rings. The Morgan fingerprint density at radius 2 is 1.68 bits per heavy atom. The largest absolute Gasteiger partial charge is 0.505 e. The smallest absolute Gasteiger partial charge is 0.290 e. The van der Waals surface area contributed by atoms with Crippen molar-refractivity contribution in [3.63, 3.8) is 0 Å². The van der Waals surface area contributed by atoms with Crippen LogP contribution in [0.2, 0.25) is 0 Å². The van der Waals surface area contributed by atoms with Gasteiger partial charge in [-0.2, -0.15) is 0 Å². The number of carbonyl (C=O) groups excluding carboxylic acids is 1. The summed E-state index contributed by atoms with van der Waals surface area (Å²) < 4.78 is 1.07. The number of hydrogen-bond donors (Lipinski definition) is 4. The topological polar surface area (TPSA) is 119 Å². The number of anilines is 3. The Kier molecular flexibility index (Phi) is 6.85. The Morgan fingerprint density at radius 3 is 2.26 bits per heavy atom. The summed E-state index contributed by atoms with van der Waals surface area (Å²) >= 11 is 0. The minimum Gasteiger partial charge on any atom is -0.505 e. The van der Waals surface area contributed by atoms with E-state index in [1.54, 1.807) is 20.2 Å². The van der Waals surface area contributed by atoms with Gasteiger partial charge in [0.05, 0.1) is 17.3 Å². The number of carbonyl (C=O) groups is 1. The summed E-state index contributed by atoms with van der Waals surface area (Å²) in [4.78, 5) is 39.9. The van der Waals surface area contributed by atoms with Gasteiger partial charge in [-0.05, 0) is 23.1 Å². The fraction of sp³-hybridized carbons (Fsp3) is 0.320. The van der Waals surface area contributed by atoms with E-state index in [0.717, 1.165) is 10.2 Å². The van der Waals surface area contributed by atoms with Crippen molar-refractivity contribution in [3.8, 4) is 5.75 Å². The average Bonchev–Trinajstić information content (AvgIpc) is 2.77. The highest BCUT2D eigenvalue weighted by Crippen LogP contribution is 2.37. The third-order valence-electron chi connectivity index (χ3n) is 5.48. The Labute approximate surface area is 198 Å². The fourth-order valence-corrected chi connectivity index (χ4v) is 3.68. The first-order chi connectivity index (χ1) is 15.9. The van der Waals surface area contributed by atoms with Crippen LogP contribution < -0.4 is 21.8 Å². The molecule has 0 radical (unpaired) electrons. The number of H-pyrrole nitrogens is 1. The van der Waals surface area contributed by atoms with E-state index in [-0.39, 0.29) is 39.8 Å². The third-order valence-corrected chi connectivity index (χ3v) is 5.48. The van der Waals surface area contributed by atoms with Crippen molar-refractivity contribution in [3.05, 3.63) is 80.4 Å². The van der Waals surface area contributed by atoms with Gasteiger partial charge in [-0.25, -0.2) is 0 Å². The highest BCUT2D eigenvalue weighted by molar-refractivity contribution is 5.98. The highest BCUT2D eigenvalue weighted by atomic mass is 16.3. The van der Waals surface area contributed by atoms with Gasteiger partial charge in [0.2, 0.25) is 0 Å². The van der Waals surface area contributed by atoms with Gasteiger partial charge in [-0.3, -0.25) is 24.2 Å². The summed E-state index contributed by atoms with van der Waals surface area (Å²) in [7, 11) is 4.59. The maximum atomic E-state index is 13.1. The van der Waals surface area contributed by atoms with E-state index in [1.807, 2.05) is 51.1 Å². The number of aromatic nitrogens is 2. The van der Waals surface area contributed by atoms with Crippen molar-refractivity contribution < 1.29 is 9.90 Å². The second-order valence-corrected chi connectivity index (χ2v) is 9.44. The van der Waals surface area contributed by atoms with Crippen LogP contribution in [0.1, 0.15) is 42.7 Å². The second-order valence-electron chi connectivity index (χ2n) is 9.44. The number of aryl methyl sites for hydroxylation is 1. The van der Waals surface area contributed by atoms with Crippen LogP contribution in [-0.4, -0.2) is 39.8 Å². The first-order valence-electron chi connectivity index (χ1n) is 10.9. The zero-order chi connectivity index (χ0) is 25.2. The first-order valence-corrected chi connectivity index (χ1v) is 10.9. The number of para-hydroxylation sites is 1. The molecule has 3 rings (SSSR count). The zero-order valence-electron chi connectivity index (χ0n) is 20.3. The van der Waals surface area contributed by atoms with E-state index in [9.17, 15) is 19.5 Å². The number of aromatic hydroxyl groups is 1. The van der Waals surface area contributed by atoms with Gasteiger partial charge in [0.15, 0.2) is 5.75 Å². The van der Waals surface area contributed by atoms with Gasteiger partial charge in [-0.15, -0.1) is 0 Å². The maximum Gasteiger partial charge on any atom is 0.290 e. The number of benzene rings is 2. The lowest BCUT2D eigenvalue weighted by molar-refractivity contribution is 0.0824. The van der Waals surface area contributed by atoms with E-state index in [4.69, 9.17) is 0 Å². The van der Waals surface area contributed by atoms with Gasteiger partial charge in [0.1, 0.15) is 11.4 Å². The van der Waals surface area contributed by atoms with Crippen LogP contribution in [-0.2, 0) is 7.05 Å². The summed E-state index contributed by atoms with van der Waals surface area (Å²) in [6.45, 7) is 6.09. The predicted octanol–water partition coefficient (Wildman–Crippen LogP) is 3.42. The summed E-state index contributed by atoms with van der Waals surface area (Å²) in [6, 6.07) is 13.9. The lowest BCUT2D eigenvalue weighted by Crippen LogP contribution is -2.35. The molecule has 0 aliphatic heterocycles. The van der Waals surface area contributed by atoms with Gasteiger partial charge in [0.25, 0.3) is 17.0 Å². The lowest BCUT2D eigenvalue weighted by Gasteiger charge is -2.33. The monoisotopic (exact) mass is 465 g/mol. The van der Waals surface area contributed by atoms with Crippen molar-refractivity contribution >= 4 is 23.0 Å². The highest BCUT2D eigenvalue weighted by Gasteiger charge is 2.29. The number of nitrogens with zero attached hydrogens (tertiary/aromatic N) is 2. The van der Waals surface area contributed by atoms with Gasteiger partial charge in [0, 0.05) is 21.1 Å². The molecular weight excluding hydrogens is 434 g/mol. The molecule has 0 bridgehead atoms. The molecule has 1 amide bonds. The number of aromatic amines is 1. The number of phenols is 1. The summed E-state index contributed by atoms with van der Waals surface area (Å²) in [5, 5.41) is 19.4. The molecule has 180 valence electrons. The van der Waals surface area contributed by atoms with Crippen LogP contribution in [0.4, 0.5) is 17.1 Å². The lowest BCUT2D eigenvalue weighted by atomic mass is 9.82. The molecule has 0 saturated heterocycles. The Hall–Kier alpha value is -4.01. The normalized spacial score (nSPS) is 12.2. The van der Waals surface area contributed by atoms with E-state index < -0.39 is 17.0 Å². The molecule has 9 heteroatoms. The minimum atomic E-state index is -0.508. The minimum absolute atomic E-state index is 0.0376. The molecule has 0 aliphatic rings. The van der Waals surface area contributed by atoms with Crippen LogP contribution in [0.3, 0.4) is 0 Å². The molecule has 0 aliphatic carbocycles. The van der Waals surface area contributed by atoms with Gasteiger partial charge >= 0.3 is 0 Å². The Bertz CT molecular complexity index is 1300. The number of amides is 1. The molecule has 9 nitrogen and oxygen atoms in total. The number of rotatable bonds is 6. The van der Waals surface area contributed by atoms with Crippen molar-refractivity contribution in [2.45, 2.75) is 26.8 Å². The molecule has 0 saturated carbocycles. The zero-order valence-corrected chi connectivity index (χ0v) is 20.3. The average molecular weight is 466 g/mol. The maximum absolute atomic E-state index is 13.1. The molecule has 2 aromatic carbocycles. The molecule has 3 aromatic rings. The van der Waals surface area contributed by atoms with Crippen LogP contribution >= 0.6 is 0 Å². The van der Waals surface area contributed by atoms with Gasteiger partial charge in [-0.1, -0.05) is 57.2 Å². The molecule has 0 unspecified atom stereocenters. The van der Waals surface area contributed by atoms with E-state index in [0.29, 0.717) is 0 Å². The van der Waals surface area contributed by atoms with Crippen molar-refractivity contribution in [2.75, 3.05) is 24.7 Å².